The third kappa shape index (κ3) is 2.06. The third-order valence-corrected chi connectivity index (χ3v) is 5.21. The van der Waals surface area contributed by atoms with Gasteiger partial charge in [-0.25, -0.2) is 8.78 Å². The average molecular weight is 297 g/mol. The Kier molecular flexibility index (Phi) is 3.16. The van der Waals surface area contributed by atoms with Crippen molar-refractivity contribution in [2.75, 3.05) is 5.32 Å². The molecule has 1 heterocycles. The van der Waals surface area contributed by atoms with Crippen molar-refractivity contribution < 1.29 is 13.6 Å². The van der Waals surface area contributed by atoms with E-state index in [2.05, 4.69) is 10.3 Å². The number of thioether (sulfide) groups is 1. The number of amidine groups is 1. The number of halogens is 2. The van der Waals surface area contributed by atoms with Crippen molar-refractivity contribution in [3.8, 4) is 0 Å². The first-order valence-corrected chi connectivity index (χ1v) is 7.10. The molecule has 3 rings (SSSR count). The largest absolute Gasteiger partial charge is 0.379 e. The van der Waals surface area contributed by atoms with E-state index in [1.807, 2.05) is 6.92 Å². The molecule has 0 saturated heterocycles. The van der Waals surface area contributed by atoms with Gasteiger partial charge in [-0.2, -0.15) is 0 Å². The van der Waals surface area contributed by atoms with Crippen molar-refractivity contribution in [2.24, 2.45) is 22.6 Å². The second-order valence-corrected chi connectivity index (χ2v) is 6.25. The molecule has 3 N–H and O–H groups in total. The predicted octanol–water partition coefficient (Wildman–Crippen LogP) is 2.27. The fourth-order valence-electron chi connectivity index (χ4n) is 2.76. The summed E-state index contributed by atoms with van der Waals surface area (Å²) in [6, 6.07) is 1.89. The summed E-state index contributed by atoms with van der Waals surface area (Å²) < 4.78 is 27.7. The van der Waals surface area contributed by atoms with E-state index in [9.17, 15) is 13.6 Å². The minimum atomic E-state index is -0.997. The van der Waals surface area contributed by atoms with Gasteiger partial charge in [-0.1, -0.05) is 18.7 Å². The highest BCUT2D eigenvalue weighted by Gasteiger charge is 2.55. The first-order chi connectivity index (χ1) is 9.52. The minimum Gasteiger partial charge on any atom is -0.379 e. The van der Waals surface area contributed by atoms with Gasteiger partial charge in [-0.15, -0.1) is 0 Å². The highest BCUT2D eigenvalue weighted by molar-refractivity contribution is 8.14. The number of hydrogen-bond donors (Lipinski definition) is 2. The Labute approximate surface area is 118 Å². The van der Waals surface area contributed by atoms with Crippen LogP contribution in [-0.2, 0) is 4.79 Å². The van der Waals surface area contributed by atoms with Gasteiger partial charge in [0.1, 0.15) is 0 Å². The lowest BCUT2D eigenvalue weighted by Gasteiger charge is -2.19. The van der Waals surface area contributed by atoms with Crippen LogP contribution in [0.15, 0.2) is 17.1 Å². The van der Waals surface area contributed by atoms with Gasteiger partial charge in [0.25, 0.3) is 0 Å². The van der Waals surface area contributed by atoms with E-state index in [1.165, 1.54) is 17.8 Å². The molecule has 0 aromatic heterocycles. The van der Waals surface area contributed by atoms with Crippen molar-refractivity contribution in [3.63, 3.8) is 0 Å². The molecule has 0 bridgehead atoms. The van der Waals surface area contributed by atoms with Crippen molar-refractivity contribution >= 4 is 29.0 Å². The van der Waals surface area contributed by atoms with Crippen molar-refractivity contribution in [1.82, 2.24) is 0 Å². The summed E-state index contributed by atoms with van der Waals surface area (Å²) in [5, 5.41) is 3.04. The maximum atomic E-state index is 14.0. The Balaban J connectivity index is 2.04. The Morgan fingerprint density at radius 2 is 2.20 bits per heavy atom. The Morgan fingerprint density at radius 3 is 2.90 bits per heavy atom. The molecule has 4 unspecified atom stereocenters. The molecular weight excluding hydrogens is 284 g/mol. The summed E-state index contributed by atoms with van der Waals surface area (Å²) in [5.74, 6) is -1.40. The van der Waals surface area contributed by atoms with E-state index in [1.54, 1.807) is 0 Å². The summed E-state index contributed by atoms with van der Waals surface area (Å²) in [6.45, 7) is 2.05. The number of carbonyl (C=O) groups excluding carboxylic acids is 1. The zero-order chi connectivity index (χ0) is 14.4. The first kappa shape index (κ1) is 13.4. The molecular formula is C13H13F2N3OS. The number of anilines is 1. The third-order valence-electron chi connectivity index (χ3n) is 3.85. The average Bonchev–Trinajstić information content (AvgIpc) is 3.04. The number of benzene rings is 1. The molecule has 106 valence electrons. The number of aliphatic imine (C=N–C) groups is 1. The second kappa shape index (κ2) is 4.73. The quantitative estimate of drug-likeness (QED) is 0.841. The van der Waals surface area contributed by atoms with Gasteiger partial charge in [0.05, 0.1) is 6.04 Å². The van der Waals surface area contributed by atoms with Gasteiger partial charge in [0, 0.05) is 28.5 Å². The molecule has 1 aliphatic heterocycles. The number of hydrogen-bond acceptors (Lipinski definition) is 4. The Hall–Kier alpha value is -1.63. The Morgan fingerprint density at radius 1 is 1.45 bits per heavy atom. The molecule has 7 heteroatoms. The van der Waals surface area contributed by atoms with Crippen LogP contribution in [0.5, 0.6) is 0 Å². The highest BCUT2D eigenvalue weighted by atomic mass is 32.2. The fourth-order valence-corrected chi connectivity index (χ4v) is 4.07. The standard InChI is InChI=1S/C13H13F2N3OS/c1-5-9-11(18-13(16)20-12(5)9)7-2-6(17-4-19)3-8(14)10(7)15/h2-5,9,11-12H,1H3,(H2,16,18)(H,17,19). The van der Waals surface area contributed by atoms with Gasteiger partial charge >= 0.3 is 0 Å². The van der Waals surface area contributed by atoms with Crippen LogP contribution < -0.4 is 11.1 Å². The van der Waals surface area contributed by atoms with Crippen molar-refractivity contribution in [2.45, 2.75) is 18.2 Å². The van der Waals surface area contributed by atoms with Gasteiger partial charge in [-0.3, -0.25) is 9.79 Å². The predicted molar refractivity (Wildman–Crippen MR) is 74.4 cm³/mol. The van der Waals surface area contributed by atoms with E-state index in [4.69, 9.17) is 5.73 Å². The van der Waals surface area contributed by atoms with Gasteiger partial charge in [0.2, 0.25) is 6.41 Å². The van der Waals surface area contributed by atoms with Crippen LogP contribution in [0.4, 0.5) is 14.5 Å². The molecule has 1 aromatic rings. The fraction of sp³-hybridized carbons (Fsp3) is 0.385. The Bertz CT molecular complexity index is 608. The number of rotatable bonds is 3. The number of nitrogens with zero attached hydrogens (tertiary/aromatic N) is 1. The lowest BCUT2D eigenvalue weighted by atomic mass is 10.00. The SMILES string of the molecule is CC1C2SC(N)=NC(c3cc(NC=O)cc(F)c3F)C12. The maximum absolute atomic E-state index is 14.0. The molecule has 20 heavy (non-hydrogen) atoms. The molecule has 1 amide bonds. The normalized spacial score (nSPS) is 31.2. The molecule has 4 nitrogen and oxygen atoms in total. The lowest BCUT2D eigenvalue weighted by molar-refractivity contribution is -0.105. The number of amides is 1. The van der Waals surface area contributed by atoms with Crippen molar-refractivity contribution in [3.05, 3.63) is 29.3 Å². The minimum absolute atomic E-state index is 0.150. The number of nitrogens with two attached hydrogens (primary N) is 1. The van der Waals surface area contributed by atoms with E-state index >= 15 is 0 Å². The van der Waals surface area contributed by atoms with Crippen LogP contribution in [0.1, 0.15) is 18.5 Å². The molecule has 1 aliphatic carbocycles. The first-order valence-electron chi connectivity index (χ1n) is 6.22. The summed E-state index contributed by atoms with van der Waals surface area (Å²) in [5.41, 5.74) is 6.12. The van der Waals surface area contributed by atoms with Gasteiger partial charge in [0.15, 0.2) is 16.8 Å². The van der Waals surface area contributed by atoms with E-state index in [0.29, 0.717) is 22.7 Å². The monoisotopic (exact) mass is 297 g/mol. The summed E-state index contributed by atoms with van der Waals surface area (Å²) >= 11 is 1.49. The second-order valence-electron chi connectivity index (χ2n) is 5.05. The van der Waals surface area contributed by atoms with Crippen LogP contribution in [0, 0.1) is 23.5 Å². The molecule has 2 aliphatic rings. The number of fused-ring (bicyclic) bond motifs is 1. The zero-order valence-electron chi connectivity index (χ0n) is 10.6. The lowest BCUT2D eigenvalue weighted by Crippen LogP contribution is -2.18. The van der Waals surface area contributed by atoms with Crippen molar-refractivity contribution in [1.29, 1.82) is 0 Å². The molecule has 0 radical (unpaired) electrons. The molecule has 1 aromatic carbocycles. The molecule has 4 atom stereocenters. The van der Waals surface area contributed by atoms with Crippen LogP contribution >= 0.6 is 11.8 Å². The number of carbonyl (C=O) groups is 1. The summed E-state index contributed by atoms with van der Waals surface area (Å²) in [6.07, 6.45) is 0.424. The van der Waals surface area contributed by atoms with E-state index in [-0.39, 0.29) is 17.2 Å². The van der Waals surface area contributed by atoms with Crippen LogP contribution in [-0.4, -0.2) is 16.8 Å². The zero-order valence-corrected chi connectivity index (χ0v) is 11.5. The summed E-state index contributed by atoms with van der Waals surface area (Å²) in [7, 11) is 0. The molecule has 1 saturated carbocycles. The maximum Gasteiger partial charge on any atom is 0.211 e. The highest BCUT2D eigenvalue weighted by Crippen LogP contribution is 2.58. The molecule has 1 fully saturated rings. The van der Waals surface area contributed by atoms with Gasteiger partial charge in [-0.05, 0) is 12.0 Å². The van der Waals surface area contributed by atoms with Crippen LogP contribution in [0.2, 0.25) is 0 Å². The smallest absolute Gasteiger partial charge is 0.211 e. The topological polar surface area (TPSA) is 67.5 Å². The number of nitrogens with one attached hydrogen (secondary N) is 1. The summed E-state index contributed by atoms with van der Waals surface area (Å²) in [4.78, 5) is 14.7. The van der Waals surface area contributed by atoms with E-state index < -0.39 is 17.7 Å². The van der Waals surface area contributed by atoms with E-state index in [0.717, 1.165) is 6.07 Å². The van der Waals surface area contributed by atoms with Crippen LogP contribution in [0.25, 0.3) is 0 Å². The van der Waals surface area contributed by atoms with Crippen LogP contribution in [0.3, 0.4) is 0 Å². The van der Waals surface area contributed by atoms with Gasteiger partial charge < -0.3 is 11.1 Å². The molecule has 0 spiro atoms.